The van der Waals surface area contributed by atoms with E-state index in [2.05, 4.69) is 42.3 Å². The summed E-state index contributed by atoms with van der Waals surface area (Å²) in [5, 5.41) is 18.0. The number of nitrogens with zero attached hydrogens (tertiary/aromatic N) is 2. The summed E-state index contributed by atoms with van der Waals surface area (Å²) in [5.74, 6) is -3.13. The van der Waals surface area contributed by atoms with Crippen LogP contribution in [0, 0.1) is 19.7 Å². The molecule has 0 amide bonds. The standard InChI is InChI=1S/C19H20FN3.C2H2O4/c1-13-8-9-15(10-14(13)2)18-12-22-19(23(18)3)21-11-16-6-4-5-7-17(16)20;3-1(4)2(5)6/h4-10,12H,11H2,1-3H3,(H,21,22);(H,3,4)(H,5,6). The molecular weight excluding hydrogens is 377 g/mol. The third-order valence-corrected chi connectivity index (χ3v) is 4.37. The van der Waals surface area contributed by atoms with Crippen LogP contribution in [0.1, 0.15) is 16.7 Å². The number of aryl methyl sites for hydroxylation is 2. The van der Waals surface area contributed by atoms with E-state index in [1.807, 2.05) is 23.9 Å². The number of aliphatic carboxylic acids is 2. The Kier molecular flexibility index (Phi) is 7.08. The number of carboxylic acids is 2. The maximum Gasteiger partial charge on any atom is 0.414 e. The second-order valence-electron chi connectivity index (χ2n) is 6.38. The van der Waals surface area contributed by atoms with E-state index in [0.29, 0.717) is 12.1 Å². The highest BCUT2D eigenvalue weighted by Crippen LogP contribution is 2.24. The number of imidazole rings is 1. The minimum atomic E-state index is -1.82. The van der Waals surface area contributed by atoms with Crippen molar-refractivity contribution in [3.63, 3.8) is 0 Å². The van der Waals surface area contributed by atoms with Crippen LogP contribution in [0.3, 0.4) is 0 Å². The highest BCUT2D eigenvalue weighted by molar-refractivity contribution is 6.27. The van der Waals surface area contributed by atoms with Crippen molar-refractivity contribution in [1.29, 1.82) is 0 Å². The van der Waals surface area contributed by atoms with Crippen LogP contribution in [0.5, 0.6) is 0 Å². The zero-order valence-corrected chi connectivity index (χ0v) is 16.3. The highest BCUT2D eigenvalue weighted by Gasteiger charge is 2.10. The van der Waals surface area contributed by atoms with Gasteiger partial charge in [0.05, 0.1) is 11.9 Å². The molecule has 0 unspecified atom stereocenters. The van der Waals surface area contributed by atoms with E-state index in [4.69, 9.17) is 19.8 Å². The number of nitrogens with one attached hydrogen (secondary N) is 1. The number of hydrogen-bond donors (Lipinski definition) is 3. The topological polar surface area (TPSA) is 104 Å². The van der Waals surface area contributed by atoms with Crippen molar-refractivity contribution in [3.8, 4) is 11.3 Å². The Morgan fingerprint density at radius 3 is 2.31 bits per heavy atom. The lowest BCUT2D eigenvalue weighted by molar-refractivity contribution is -0.159. The molecule has 0 aliphatic carbocycles. The van der Waals surface area contributed by atoms with Gasteiger partial charge in [0.25, 0.3) is 0 Å². The van der Waals surface area contributed by atoms with Gasteiger partial charge in [0.1, 0.15) is 5.82 Å². The second kappa shape index (κ2) is 9.50. The number of anilines is 1. The summed E-state index contributed by atoms with van der Waals surface area (Å²) >= 11 is 0. The van der Waals surface area contributed by atoms with Gasteiger partial charge < -0.3 is 20.1 Å². The molecule has 2 aromatic carbocycles. The van der Waals surface area contributed by atoms with Crippen LogP contribution in [0.4, 0.5) is 10.3 Å². The average Bonchev–Trinajstić information content (AvgIpc) is 3.04. The minimum absolute atomic E-state index is 0.205. The van der Waals surface area contributed by atoms with Crippen LogP contribution in [0.25, 0.3) is 11.3 Å². The maximum atomic E-state index is 13.7. The van der Waals surface area contributed by atoms with Crippen LogP contribution in [0.15, 0.2) is 48.7 Å². The molecule has 0 bridgehead atoms. The molecule has 0 saturated heterocycles. The molecule has 7 nitrogen and oxygen atoms in total. The summed E-state index contributed by atoms with van der Waals surface area (Å²) in [6.45, 7) is 4.61. The molecule has 0 spiro atoms. The molecule has 1 aromatic heterocycles. The molecule has 0 fully saturated rings. The first-order valence-electron chi connectivity index (χ1n) is 8.73. The monoisotopic (exact) mass is 399 g/mol. The molecule has 3 aromatic rings. The van der Waals surface area contributed by atoms with Gasteiger partial charge in [-0.2, -0.15) is 0 Å². The Morgan fingerprint density at radius 1 is 1.07 bits per heavy atom. The SMILES string of the molecule is Cc1ccc(-c2cnc(NCc3ccccc3F)n2C)cc1C.O=C(O)C(=O)O. The van der Waals surface area contributed by atoms with E-state index >= 15 is 0 Å². The quantitative estimate of drug-likeness (QED) is 0.579. The Labute approximate surface area is 167 Å². The van der Waals surface area contributed by atoms with Crippen molar-refractivity contribution in [1.82, 2.24) is 9.55 Å². The molecule has 29 heavy (non-hydrogen) atoms. The average molecular weight is 399 g/mol. The fraction of sp³-hybridized carbons (Fsp3) is 0.190. The Morgan fingerprint density at radius 2 is 1.72 bits per heavy atom. The third-order valence-electron chi connectivity index (χ3n) is 4.37. The Hall–Kier alpha value is -3.68. The van der Waals surface area contributed by atoms with Crippen molar-refractivity contribution in [2.45, 2.75) is 20.4 Å². The maximum absolute atomic E-state index is 13.7. The highest BCUT2D eigenvalue weighted by atomic mass is 19.1. The van der Waals surface area contributed by atoms with Crippen LogP contribution >= 0.6 is 0 Å². The lowest BCUT2D eigenvalue weighted by Crippen LogP contribution is -2.09. The van der Waals surface area contributed by atoms with Crippen molar-refractivity contribution < 1.29 is 24.2 Å². The molecule has 0 radical (unpaired) electrons. The Bertz CT molecular complexity index is 1020. The van der Waals surface area contributed by atoms with Crippen LogP contribution in [0.2, 0.25) is 0 Å². The lowest BCUT2D eigenvalue weighted by Gasteiger charge is -2.10. The number of hydrogen-bond acceptors (Lipinski definition) is 4. The van der Waals surface area contributed by atoms with E-state index < -0.39 is 11.9 Å². The van der Waals surface area contributed by atoms with E-state index in [-0.39, 0.29) is 5.82 Å². The summed E-state index contributed by atoms with van der Waals surface area (Å²) in [6.07, 6.45) is 1.84. The van der Waals surface area contributed by atoms with Crippen molar-refractivity contribution >= 4 is 17.9 Å². The van der Waals surface area contributed by atoms with Crippen LogP contribution in [-0.2, 0) is 23.2 Å². The van der Waals surface area contributed by atoms with E-state index in [1.54, 1.807) is 12.1 Å². The molecule has 0 aliphatic heterocycles. The zero-order valence-electron chi connectivity index (χ0n) is 16.3. The van der Waals surface area contributed by atoms with Gasteiger partial charge in [-0.3, -0.25) is 0 Å². The van der Waals surface area contributed by atoms with Gasteiger partial charge in [-0.15, -0.1) is 0 Å². The lowest BCUT2D eigenvalue weighted by atomic mass is 10.0. The minimum Gasteiger partial charge on any atom is -0.473 e. The number of aromatic nitrogens is 2. The molecule has 1 heterocycles. The van der Waals surface area contributed by atoms with Gasteiger partial charge in [0.15, 0.2) is 0 Å². The number of carboxylic acid groups (broad SMARTS) is 2. The molecule has 8 heteroatoms. The molecule has 3 rings (SSSR count). The molecular formula is C21H22FN3O4. The Balaban J connectivity index is 0.000000438. The number of rotatable bonds is 4. The normalized spacial score (nSPS) is 10.1. The molecule has 0 aliphatic rings. The largest absolute Gasteiger partial charge is 0.473 e. The number of carbonyl (C=O) groups is 2. The molecule has 0 saturated carbocycles. The van der Waals surface area contributed by atoms with Crippen molar-refractivity contribution in [2.75, 3.05) is 5.32 Å². The van der Waals surface area contributed by atoms with E-state index in [0.717, 1.165) is 17.2 Å². The van der Waals surface area contributed by atoms with Gasteiger partial charge in [-0.25, -0.2) is 19.0 Å². The van der Waals surface area contributed by atoms with Gasteiger partial charge in [-0.05, 0) is 37.1 Å². The van der Waals surface area contributed by atoms with Gasteiger partial charge in [0.2, 0.25) is 5.95 Å². The molecule has 3 N–H and O–H groups in total. The number of halogens is 1. The smallest absolute Gasteiger partial charge is 0.414 e. The summed E-state index contributed by atoms with van der Waals surface area (Å²) in [7, 11) is 1.96. The fourth-order valence-electron chi connectivity index (χ4n) is 2.56. The molecule has 152 valence electrons. The van der Waals surface area contributed by atoms with Gasteiger partial charge >= 0.3 is 11.9 Å². The summed E-state index contributed by atoms with van der Waals surface area (Å²) in [6, 6.07) is 13.1. The van der Waals surface area contributed by atoms with Crippen molar-refractivity contribution in [3.05, 3.63) is 71.2 Å². The van der Waals surface area contributed by atoms with Gasteiger partial charge in [-0.1, -0.05) is 30.3 Å². The first-order chi connectivity index (χ1) is 13.7. The number of benzene rings is 2. The predicted molar refractivity (Wildman–Crippen MR) is 107 cm³/mol. The first kappa shape index (κ1) is 21.6. The van der Waals surface area contributed by atoms with Crippen LogP contribution in [-0.4, -0.2) is 31.7 Å². The van der Waals surface area contributed by atoms with E-state index in [9.17, 15) is 4.39 Å². The fourth-order valence-corrected chi connectivity index (χ4v) is 2.56. The summed E-state index contributed by atoms with van der Waals surface area (Å²) in [5.41, 5.74) is 5.31. The van der Waals surface area contributed by atoms with Crippen LogP contribution < -0.4 is 5.32 Å². The zero-order chi connectivity index (χ0) is 21.6. The van der Waals surface area contributed by atoms with Gasteiger partial charge in [0, 0.05) is 24.7 Å². The molecule has 0 atom stereocenters. The van der Waals surface area contributed by atoms with Crippen molar-refractivity contribution in [2.24, 2.45) is 7.05 Å². The third kappa shape index (κ3) is 5.65. The summed E-state index contributed by atoms with van der Waals surface area (Å²) < 4.78 is 15.7. The van der Waals surface area contributed by atoms with E-state index in [1.165, 1.54) is 17.2 Å². The second-order valence-corrected chi connectivity index (χ2v) is 6.38. The summed E-state index contributed by atoms with van der Waals surface area (Å²) in [4.78, 5) is 22.6. The first-order valence-corrected chi connectivity index (χ1v) is 8.73. The predicted octanol–water partition coefficient (Wildman–Crippen LogP) is 3.61.